The van der Waals surface area contributed by atoms with Crippen molar-refractivity contribution in [3.63, 3.8) is 0 Å². The number of aromatic nitrogens is 3. The maximum atomic E-state index is 13.2. The van der Waals surface area contributed by atoms with E-state index in [0.29, 0.717) is 36.5 Å². The van der Waals surface area contributed by atoms with Crippen LogP contribution in [0.1, 0.15) is 34.5 Å². The smallest absolute Gasteiger partial charge is 0.319 e. The van der Waals surface area contributed by atoms with E-state index in [1.807, 2.05) is 43.0 Å². The van der Waals surface area contributed by atoms with Crippen LogP contribution in [0, 0.1) is 19.8 Å². The minimum Gasteiger partial charge on any atom is -0.338 e. The lowest BCUT2D eigenvalue weighted by Crippen LogP contribution is -2.44. The highest BCUT2D eigenvalue weighted by molar-refractivity contribution is 6.01. The minimum absolute atomic E-state index is 0.0463. The number of nitrogens with one attached hydrogen (secondary N) is 2. The molecule has 2 aromatic heterocycles. The molecular formula is C22H26N6O2. The van der Waals surface area contributed by atoms with Gasteiger partial charge in [0, 0.05) is 37.7 Å². The molecule has 3 heterocycles. The lowest BCUT2D eigenvalue weighted by atomic mass is 9.97. The first-order chi connectivity index (χ1) is 14.5. The number of hydrogen-bond donors (Lipinski definition) is 2. The summed E-state index contributed by atoms with van der Waals surface area (Å²) in [6.07, 6.45) is 5.34. The van der Waals surface area contributed by atoms with Gasteiger partial charge in [-0.05, 0) is 50.8 Å². The molecule has 2 N–H and O–H groups in total. The number of urea groups is 1. The molecule has 156 valence electrons. The monoisotopic (exact) mass is 406 g/mol. The molecule has 4 rings (SSSR count). The van der Waals surface area contributed by atoms with Gasteiger partial charge in [-0.3, -0.25) is 4.79 Å². The number of nitrogens with zero attached hydrogens (tertiary/aromatic N) is 4. The molecule has 1 fully saturated rings. The Labute approximate surface area is 175 Å². The highest BCUT2D eigenvalue weighted by Crippen LogP contribution is 2.21. The number of carbonyl (C=O) groups is 2. The average Bonchev–Trinajstić information content (AvgIpc) is 3.09. The molecule has 1 unspecified atom stereocenters. The normalized spacial score (nSPS) is 16.5. The van der Waals surface area contributed by atoms with Gasteiger partial charge in [0.15, 0.2) is 5.65 Å². The van der Waals surface area contributed by atoms with Crippen molar-refractivity contribution >= 4 is 23.3 Å². The van der Waals surface area contributed by atoms with E-state index in [2.05, 4.69) is 20.7 Å². The van der Waals surface area contributed by atoms with E-state index >= 15 is 0 Å². The van der Waals surface area contributed by atoms with Gasteiger partial charge < -0.3 is 15.5 Å². The van der Waals surface area contributed by atoms with Gasteiger partial charge in [-0.25, -0.2) is 14.3 Å². The fourth-order valence-corrected chi connectivity index (χ4v) is 3.87. The Bertz CT molecular complexity index is 1060. The Balaban J connectivity index is 1.36. The number of likely N-dealkylation sites (tertiary alicyclic amines) is 1. The zero-order valence-corrected chi connectivity index (χ0v) is 17.3. The van der Waals surface area contributed by atoms with Crippen LogP contribution >= 0.6 is 0 Å². The summed E-state index contributed by atoms with van der Waals surface area (Å²) in [7, 11) is 0. The van der Waals surface area contributed by atoms with Crippen LogP contribution in [0.2, 0.25) is 0 Å². The van der Waals surface area contributed by atoms with Crippen LogP contribution in [-0.4, -0.2) is 51.1 Å². The second kappa shape index (κ2) is 8.52. The van der Waals surface area contributed by atoms with Crippen LogP contribution < -0.4 is 10.6 Å². The lowest BCUT2D eigenvalue weighted by Gasteiger charge is -2.32. The summed E-state index contributed by atoms with van der Waals surface area (Å²) in [6.45, 7) is 5.67. The number of hydrogen-bond acceptors (Lipinski definition) is 4. The fourth-order valence-electron chi connectivity index (χ4n) is 3.87. The fraction of sp³-hybridized carbons (Fsp3) is 0.364. The number of anilines is 1. The molecule has 0 aliphatic carbocycles. The number of piperidine rings is 1. The number of fused-ring (bicyclic) bond motifs is 1. The average molecular weight is 406 g/mol. The molecule has 8 nitrogen and oxygen atoms in total. The van der Waals surface area contributed by atoms with Gasteiger partial charge in [-0.1, -0.05) is 17.7 Å². The molecular weight excluding hydrogens is 380 g/mol. The molecule has 8 heteroatoms. The van der Waals surface area contributed by atoms with Crippen molar-refractivity contribution < 1.29 is 9.59 Å². The zero-order chi connectivity index (χ0) is 21.1. The molecule has 1 atom stereocenters. The Morgan fingerprint density at radius 3 is 2.80 bits per heavy atom. The van der Waals surface area contributed by atoms with Crippen molar-refractivity contribution in [2.24, 2.45) is 5.92 Å². The lowest BCUT2D eigenvalue weighted by molar-refractivity contribution is 0.0676. The Kier molecular flexibility index (Phi) is 5.65. The number of amides is 3. The van der Waals surface area contributed by atoms with Gasteiger partial charge in [-0.2, -0.15) is 5.10 Å². The maximum Gasteiger partial charge on any atom is 0.319 e. The number of rotatable bonds is 4. The number of carbonyl (C=O) groups excluding carboxylic acids is 2. The molecule has 1 aliphatic rings. The molecule has 3 aromatic rings. The largest absolute Gasteiger partial charge is 0.338 e. The van der Waals surface area contributed by atoms with Crippen molar-refractivity contribution in [3.05, 3.63) is 59.5 Å². The number of aryl methyl sites for hydroxylation is 2. The van der Waals surface area contributed by atoms with E-state index in [1.165, 1.54) is 0 Å². The third kappa shape index (κ3) is 4.27. The summed E-state index contributed by atoms with van der Waals surface area (Å²) < 4.78 is 1.64. The topological polar surface area (TPSA) is 91.6 Å². The van der Waals surface area contributed by atoms with Crippen LogP contribution in [-0.2, 0) is 0 Å². The van der Waals surface area contributed by atoms with Gasteiger partial charge in [0.25, 0.3) is 5.91 Å². The molecule has 0 radical (unpaired) electrons. The van der Waals surface area contributed by atoms with Crippen molar-refractivity contribution in [1.82, 2.24) is 24.8 Å². The molecule has 0 spiro atoms. The van der Waals surface area contributed by atoms with Crippen LogP contribution in [0.15, 0.2) is 42.7 Å². The van der Waals surface area contributed by atoms with Crippen LogP contribution in [0.4, 0.5) is 10.5 Å². The molecule has 1 aromatic carbocycles. The van der Waals surface area contributed by atoms with E-state index in [-0.39, 0.29) is 17.9 Å². The van der Waals surface area contributed by atoms with Gasteiger partial charge >= 0.3 is 6.03 Å². The van der Waals surface area contributed by atoms with Gasteiger partial charge in [0.05, 0.1) is 5.69 Å². The van der Waals surface area contributed by atoms with Crippen LogP contribution in [0.25, 0.3) is 5.65 Å². The summed E-state index contributed by atoms with van der Waals surface area (Å²) in [4.78, 5) is 31.6. The molecule has 30 heavy (non-hydrogen) atoms. The SMILES string of the molecule is Cc1ccc(NC(=O)NCC2CCCN(C(=O)c3c(C)nn4cccnc34)C2)cc1. The third-order valence-electron chi connectivity index (χ3n) is 5.45. The molecule has 1 aliphatic heterocycles. The van der Waals surface area contributed by atoms with Crippen LogP contribution in [0.5, 0.6) is 0 Å². The standard InChI is InChI=1S/C22H26N6O2/c1-15-6-8-18(9-7-15)25-22(30)24-13-17-5-3-11-27(14-17)21(29)19-16(2)26-28-12-4-10-23-20(19)28/h4,6-10,12,17H,3,5,11,13-14H2,1-2H3,(H2,24,25,30). The van der Waals surface area contributed by atoms with Gasteiger partial charge in [-0.15, -0.1) is 0 Å². The molecule has 3 amide bonds. The molecule has 0 bridgehead atoms. The van der Waals surface area contributed by atoms with E-state index in [4.69, 9.17) is 0 Å². The van der Waals surface area contributed by atoms with E-state index in [1.54, 1.807) is 23.0 Å². The second-order valence-electron chi connectivity index (χ2n) is 7.81. The summed E-state index contributed by atoms with van der Waals surface area (Å²) in [5.74, 6) is 0.163. The summed E-state index contributed by atoms with van der Waals surface area (Å²) in [5, 5.41) is 10.2. The van der Waals surface area contributed by atoms with Crippen molar-refractivity contribution in [2.45, 2.75) is 26.7 Å². The maximum absolute atomic E-state index is 13.2. The highest BCUT2D eigenvalue weighted by atomic mass is 16.2. The highest BCUT2D eigenvalue weighted by Gasteiger charge is 2.28. The van der Waals surface area contributed by atoms with Crippen molar-refractivity contribution in [2.75, 3.05) is 25.0 Å². The summed E-state index contributed by atoms with van der Waals surface area (Å²) in [6, 6.07) is 9.22. The van der Waals surface area contributed by atoms with E-state index < -0.39 is 0 Å². The number of benzene rings is 1. The second-order valence-corrected chi connectivity index (χ2v) is 7.81. The predicted molar refractivity (Wildman–Crippen MR) is 115 cm³/mol. The van der Waals surface area contributed by atoms with E-state index in [9.17, 15) is 9.59 Å². The molecule has 0 saturated carbocycles. The summed E-state index contributed by atoms with van der Waals surface area (Å²) in [5.41, 5.74) is 3.72. The Hall–Kier alpha value is -3.42. The first-order valence-electron chi connectivity index (χ1n) is 10.2. The Morgan fingerprint density at radius 1 is 1.20 bits per heavy atom. The van der Waals surface area contributed by atoms with E-state index in [0.717, 1.165) is 24.1 Å². The Morgan fingerprint density at radius 2 is 2.00 bits per heavy atom. The third-order valence-corrected chi connectivity index (χ3v) is 5.45. The van der Waals surface area contributed by atoms with Crippen molar-refractivity contribution in [1.29, 1.82) is 0 Å². The minimum atomic E-state index is -0.232. The first-order valence-corrected chi connectivity index (χ1v) is 10.2. The quantitative estimate of drug-likeness (QED) is 0.697. The molecule has 1 saturated heterocycles. The predicted octanol–water partition coefficient (Wildman–Crippen LogP) is 3.02. The summed E-state index contributed by atoms with van der Waals surface area (Å²) >= 11 is 0. The van der Waals surface area contributed by atoms with Crippen LogP contribution in [0.3, 0.4) is 0 Å². The van der Waals surface area contributed by atoms with Gasteiger partial charge in [0.2, 0.25) is 0 Å². The zero-order valence-electron chi connectivity index (χ0n) is 17.3. The van der Waals surface area contributed by atoms with Crippen molar-refractivity contribution in [3.8, 4) is 0 Å². The van der Waals surface area contributed by atoms with Gasteiger partial charge in [0.1, 0.15) is 5.56 Å². The first kappa shape index (κ1) is 19.9.